The third kappa shape index (κ3) is 4.18. The highest BCUT2D eigenvalue weighted by molar-refractivity contribution is 6.12. The smallest absolute Gasteiger partial charge is 0.256 e. The number of aromatic nitrogens is 4. The molecule has 8 heteroatoms. The quantitative estimate of drug-likeness (QED) is 0.486. The van der Waals surface area contributed by atoms with Crippen LogP contribution >= 0.6 is 0 Å². The molecule has 0 aliphatic carbocycles. The summed E-state index contributed by atoms with van der Waals surface area (Å²) in [5, 5.41) is 8.00. The van der Waals surface area contributed by atoms with Crippen LogP contribution in [0.15, 0.2) is 54.9 Å². The SMILES string of the molecule is COc1ccc(Oc2ncccc2NC(=O)c2cc(C)nc3c2cnn3C(C)C)cc1. The van der Waals surface area contributed by atoms with Gasteiger partial charge in [0.2, 0.25) is 5.88 Å². The Bertz CT molecular complexity index is 1230. The first-order chi connectivity index (χ1) is 15.0. The van der Waals surface area contributed by atoms with Gasteiger partial charge in [-0.3, -0.25) is 4.79 Å². The lowest BCUT2D eigenvalue weighted by Crippen LogP contribution is -2.14. The molecule has 0 aliphatic rings. The molecule has 0 radical (unpaired) electrons. The maximum absolute atomic E-state index is 13.2. The molecule has 1 amide bonds. The zero-order valence-electron chi connectivity index (χ0n) is 17.8. The Morgan fingerprint density at radius 1 is 1.13 bits per heavy atom. The fourth-order valence-electron chi connectivity index (χ4n) is 3.22. The summed E-state index contributed by atoms with van der Waals surface area (Å²) in [4.78, 5) is 22.0. The minimum Gasteiger partial charge on any atom is -0.497 e. The highest BCUT2D eigenvalue weighted by Gasteiger charge is 2.18. The summed E-state index contributed by atoms with van der Waals surface area (Å²) in [6.45, 7) is 5.90. The zero-order valence-corrected chi connectivity index (χ0v) is 17.8. The van der Waals surface area contributed by atoms with Crippen molar-refractivity contribution in [3.63, 3.8) is 0 Å². The number of hydrogen-bond acceptors (Lipinski definition) is 6. The van der Waals surface area contributed by atoms with Crippen molar-refractivity contribution in [2.24, 2.45) is 0 Å². The number of amides is 1. The Kier molecular flexibility index (Phi) is 5.53. The molecule has 3 heterocycles. The average Bonchev–Trinajstić information content (AvgIpc) is 3.19. The van der Waals surface area contributed by atoms with Crippen molar-refractivity contribution in [1.82, 2.24) is 19.7 Å². The van der Waals surface area contributed by atoms with Gasteiger partial charge in [0.05, 0.1) is 24.3 Å². The van der Waals surface area contributed by atoms with Crippen LogP contribution in [0, 0.1) is 6.92 Å². The van der Waals surface area contributed by atoms with E-state index in [9.17, 15) is 4.79 Å². The van der Waals surface area contributed by atoms with E-state index in [1.807, 2.05) is 20.8 Å². The van der Waals surface area contributed by atoms with Crippen LogP contribution in [0.25, 0.3) is 11.0 Å². The molecule has 0 fully saturated rings. The van der Waals surface area contributed by atoms with E-state index in [1.54, 1.807) is 66.6 Å². The van der Waals surface area contributed by atoms with Crippen molar-refractivity contribution in [3.8, 4) is 17.4 Å². The first-order valence-corrected chi connectivity index (χ1v) is 9.89. The van der Waals surface area contributed by atoms with Gasteiger partial charge in [0, 0.05) is 17.9 Å². The first-order valence-electron chi connectivity index (χ1n) is 9.89. The monoisotopic (exact) mass is 417 g/mol. The minimum atomic E-state index is -0.286. The zero-order chi connectivity index (χ0) is 22.0. The van der Waals surface area contributed by atoms with Crippen molar-refractivity contribution in [3.05, 3.63) is 66.1 Å². The molecule has 3 aromatic heterocycles. The van der Waals surface area contributed by atoms with Crippen molar-refractivity contribution in [1.29, 1.82) is 0 Å². The number of hydrogen-bond donors (Lipinski definition) is 1. The lowest BCUT2D eigenvalue weighted by molar-refractivity contribution is 0.102. The van der Waals surface area contributed by atoms with Crippen molar-refractivity contribution in [2.45, 2.75) is 26.8 Å². The topological polar surface area (TPSA) is 91.2 Å². The standard InChI is InChI=1S/C23H23N5O3/c1-14(2)28-21-19(13-25-28)18(12-15(3)26-21)22(29)27-20-6-5-11-24-23(20)31-17-9-7-16(30-4)8-10-17/h5-14H,1-4H3,(H,27,29). The number of rotatable bonds is 6. The fourth-order valence-corrected chi connectivity index (χ4v) is 3.22. The maximum Gasteiger partial charge on any atom is 0.256 e. The number of carbonyl (C=O) groups is 1. The van der Waals surface area contributed by atoms with E-state index in [2.05, 4.69) is 20.4 Å². The number of nitrogens with one attached hydrogen (secondary N) is 1. The van der Waals surface area contributed by atoms with E-state index in [4.69, 9.17) is 9.47 Å². The molecule has 0 saturated carbocycles. The average molecular weight is 417 g/mol. The van der Waals surface area contributed by atoms with Crippen LogP contribution < -0.4 is 14.8 Å². The van der Waals surface area contributed by atoms with Crippen LogP contribution in [0.1, 0.15) is 35.9 Å². The number of pyridine rings is 2. The number of anilines is 1. The van der Waals surface area contributed by atoms with E-state index in [1.165, 1.54) is 0 Å². The molecule has 0 atom stereocenters. The van der Waals surface area contributed by atoms with Crippen molar-refractivity contribution in [2.75, 3.05) is 12.4 Å². The lowest BCUT2D eigenvalue weighted by Gasteiger charge is -2.12. The molecular formula is C23H23N5O3. The second-order valence-electron chi connectivity index (χ2n) is 7.32. The Hall–Kier alpha value is -3.94. The van der Waals surface area contributed by atoms with E-state index in [0.29, 0.717) is 33.9 Å². The predicted molar refractivity (Wildman–Crippen MR) is 118 cm³/mol. The molecule has 0 saturated heterocycles. The summed E-state index contributed by atoms with van der Waals surface area (Å²) < 4.78 is 12.9. The first kappa shape index (κ1) is 20.3. The number of fused-ring (bicyclic) bond motifs is 1. The summed E-state index contributed by atoms with van der Waals surface area (Å²) in [6, 6.07) is 12.5. The largest absolute Gasteiger partial charge is 0.497 e. The Morgan fingerprint density at radius 2 is 1.87 bits per heavy atom. The summed E-state index contributed by atoms with van der Waals surface area (Å²) in [5.41, 5.74) is 2.37. The molecule has 31 heavy (non-hydrogen) atoms. The van der Waals surface area contributed by atoms with E-state index < -0.39 is 0 Å². The van der Waals surface area contributed by atoms with Gasteiger partial charge in [0.15, 0.2) is 5.65 Å². The van der Waals surface area contributed by atoms with Crippen LogP contribution in [0.5, 0.6) is 17.4 Å². The molecule has 158 valence electrons. The normalized spacial score (nSPS) is 11.0. The Balaban J connectivity index is 1.64. The summed E-state index contributed by atoms with van der Waals surface area (Å²) in [5.74, 6) is 1.31. The van der Waals surface area contributed by atoms with Crippen LogP contribution in [0.4, 0.5) is 5.69 Å². The second-order valence-corrected chi connectivity index (χ2v) is 7.32. The fraction of sp³-hybridized carbons (Fsp3) is 0.217. The molecule has 4 aromatic rings. The van der Waals surface area contributed by atoms with Gasteiger partial charge in [-0.25, -0.2) is 14.6 Å². The molecule has 0 unspecified atom stereocenters. The summed E-state index contributed by atoms with van der Waals surface area (Å²) >= 11 is 0. The van der Waals surface area contributed by atoms with Gasteiger partial charge in [-0.1, -0.05) is 0 Å². The molecule has 0 bridgehead atoms. The number of methoxy groups -OCH3 is 1. The molecule has 1 N–H and O–H groups in total. The van der Waals surface area contributed by atoms with Gasteiger partial charge in [-0.05, 0) is 63.2 Å². The summed E-state index contributed by atoms with van der Waals surface area (Å²) in [6.07, 6.45) is 3.28. The van der Waals surface area contributed by atoms with Gasteiger partial charge in [-0.15, -0.1) is 0 Å². The number of ether oxygens (including phenoxy) is 2. The number of aryl methyl sites for hydroxylation is 1. The molecule has 0 aliphatic heterocycles. The van der Waals surface area contributed by atoms with Crippen LogP contribution in [-0.2, 0) is 0 Å². The second kappa shape index (κ2) is 8.43. The van der Waals surface area contributed by atoms with Crippen LogP contribution in [0.2, 0.25) is 0 Å². The highest BCUT2D eigenvalue weighted by atomic mass is 16.5. The Morgan fingerprint density at radius 3 is 2.58 bits per heavy atom. The minimum absolute atomic E-state index is 0.130. The van der Waals surface area contributed by atoms with Gasteiger partial charge >= 0.3 is 0 Å². The van der Waals surface area contributed by atoms with Gasteiger partial charge in [0.25, 0.3) is 5.91 Å². The van der Waals surface area contributed by atoms with Crippen LogP contribution in [0.3, 0.4) is 0 Å². The number of nitrogens with zero attached hydrogens (tertiary/aromatic N) is 4. The predicted octanol–water partition coefficient (Wildman–Crippen LogP) is 4.77. The molecule has 8 nitrogen and oxygen atoms in total. The van der Waals surface area contributed by atoms with E-state index >= 15 is 0 Å². The number of carbonyl (C=O) groups excluding carboxylic acids is 1. The summed E-state index contributed by atoms with van der Waals surface area (Å²) in [7, 11) is 1.60. The van der Waals surface area contributed by atoms with Gasteiger partial charge in [0.1, 0.15) is 17.2 Å². The highest BCUT2D eigenvalue weighted by Crippen LogP contribution is 2.29. The van der Waals surface area contributed by atoms with Gasteiger partial charge < -0.3 is 14.8 Å². The van der Waals surface area contributed by atoms with Crippen molar-refractivity contribution >= 4 is 22.6 Å². The van der Waals surface area contributed by atoms with E-state index in [-0.39, 0.29) is 11.9 Å². The third-order valence-corrected chi connectivity index (χ3v) is 4.72. The third-order valence-electron chi connectivity index (χ3n) is 4.72. The lowest BCUT2D eigenvalue weighted by atomic mass is 10.1. The number of benzene rings is 1. The molecule has 1 aromatic carbocycles. The molecular weight excluding hydrogens is 394 g/mol. The van der Waals surface area contributed by atoms with Crippen molar-refractivity contribution < 1.29 is 14.3 Å². The molecule has 4 rings (SSSR count). The maximum atomic E-state index is 13.2. The Labute approximate surface area is 179 Å². The van der Waals surface area contributed by atoms with Gasteiger partial charge in [-0.2, -0.15) is 5.10 Å². The van der Waals surface area contributed by atoms with E-state index in [0.717, 1.165) is 11.4 Å². The molecule has 0 spiro atoms. The van der Waals surface area contributed by atoms with Crippen LogP contribution in [-0.4, -0.2) is 32.8 Å².